The van der Waals surface area contributed by atoms with E-state index >= 15 is 0 Å². The lowest BCUT2D eigenvalue weighted by molar-refractivity contribution is 0.130. The Morgan fingerprint density at radius 3 is 2.61 bits per heavy atom. The molecule has 0 aromatic carbocycles. The molecule has 3 aliphatic rings. The van der Waals surface area contributed by atoms with E-state index in [0.717, 1.165) is 11.8 Å². The molecular weight excluding hydrogens is 331 g/mol. The van der Waals surface area contributed by atoms with Crippen molar-refractivity contribution in [3.8, 4) is 0 Å². The molecule has 0 spiro atoms. The van der Waals surface area contributed by atoms with Gasteiger partial charge in [-0.25, -0.2) is 0 Å². The lowest BCUT2D eigenvalue weighted by atomic mass is 9.65. The minimum Gasteiger partial charge on any atom is -0.0822 e. The molecule has 1 fully saturated rings. The van der Waals surface area contributed by atoms with Gasteiger partial charge in [-0.05, 0) is 61.7 Å². The van der Waals surface area contributed by atoms with Gasteiger partial charge in [-0.3, -0.25) is 0 Å². The standard InChI is InChI=1S/C17H23I/c1-16(2)8-7-13-12-6-5-11(18)9-14(12)17(3,4)15(13)10-16/h5-8,13-15H,9-10H2,1-4H3. The Labute approximate surface area is 125 Å². The molecule has 3 unspecified atom stereocenters. The Hall–Kier alpha value is -0.0500. The maximum atomic E-state index is 2.51. The molecule has 0 nitrogen and oxygen atoms in total. The monoisotopic (exact) mass is 354 g/mol. The molecular formula is C17H23I. The summed E-state index contributed by atoms with van der Waals surface area (Å²) >= 11 is 2.51. The third-order valence-electron chi connectivity index (χ3n) is 5.43. The summed E-state index contributed by atoms with van der Waals surface area (Å²) < 4.78 is 1.52. The van der Waals surface area contributed by atoms with E-state index in [9.17, 15) is 0 Å². The van der Waals surface area contributed by atoms with Crippen molar-refractivity contribution < 1.29 is 0 Å². The van der Waals surface area contributed by atoms with Crippen LogP contribution in [0.3, 0.4) is 0 Å². The van der Waals surface area contributed by atoms with Crippen molar-refractivity contribution in [1.82, 2.24) is 0 Å². The normalized spacial score (nSPS) is 39.7. The van der Waals surface area contributed by atoms with Crippen LogP contribution in [0.1, 0.15) is 40.5 Å². The van der Waals surface area contributed by atoms with E-state index in [0.29, 0.717) is 16.7 Å². The van der Waals surface area contributed by atoms with Crippen molar-refractivity contribution in [2.75, 3.05) is 0 Å². The fourth-order valence-corrected chi connectivity index (χ4v) is 4.93. The fraction of sp³-hybridized carbons (Fsp3) is 0.647. The Morgan fingerprint density at radius 2 is 1.89 bits per heavy atom. The van der Waals surface area contributed by atoms with E-state index in [-0.39, 0.29) is 0 Å². The van der Waals surface area contributed by atoms with Gasteiger partial charge in [0.1, 0.15) is 0 Å². The molecule has 1 heteroatoms. The first-order valence-corrected chi connectivity index (χ1v) is 8.15. The van der Waals surface area contributed by atoms with E-state index < -0.39 is 0 Å². The van der Waals surface area contributed by atoms with Crippen LogP contribution in [0.25, 0.3) is 0 Å². The zero-order chi connectivity index (χ0) is 13.1. The first-order chi connectivity index (χ1) is 8.31. The number of halogens is 1. The van der Waals surface area contributed by atoms with Crippen LogP contribution in [-0.4, -0.2) is 0 Å². The van der Waals surface area contributed by atoms with Gasteiger partial charge in [0.2, 0.25) is 0 Å². The molecule has 0 aromatic rings. The van der Waals surface area contributed by atoms with Gasteiger partial charge in [-0.15, -0.1) is 0 Å². The van der Waals surface area contributed by atoms with Crippen molar-refractivity contribution in [2.24, 2.45) is 28.6 Å². The van der Waals surface area contributed by atoms with Crippen molar-refractivity contribution in [3.05, 3.63) is 33.5 Å². The Morgan fingerprint density at radius 1 is 1.17 bits per heavy atom. The molecule has 0 heterocycles. The fourth-order valence-electron chi connectivity index (χ4n) is 4.31. The van der Waals surface area contributed by atoms with Crippen molar-refractivity contribution in [2.45, 2.75) is 40.5 Å². The first kappa shape index (κ1) is 13.0. The second kappa shape index (κ2) is 3.97. The molecule has 0 aliphatic heterocycles. The number of hydrogen-bond acceptors (Lipinski definition) is 0. The number of allylic oxidation sites excluding steroid dienone is 6. The maximum absolute atomic E-state index is 2.51. The molecule has 0 saturated heterocycles. The third kappa shape index (κ3) is 1.85. The molecule has 3 atom stereocenters. The molecule has 0 radical (unpaired) electrons. The molecule has 18 heavy (non-hydrogen) atoms. The maximum Gasteiger partial charge on any atom is 0.00171 e. The van der Waals surface area contributed by atoms with Crippen LogP contribution in [0.2, 0.25) is 0 Å². The smallest absolute Gasteiger partial charge is 0.00171 e. The van der Waals surface area contributed by atoms with Gasteiger partial charge in [0, 0.05) is 5.92 Å². The molecule has 0 amide bonds. The molecule has 3 rings (SSSR count). The lowest BCUT2D eigenvalue weighted by Crippen LogP contribution is -2.32. The van der Waals surface area contributed by atoms with Gasteiger partial charge in [0.05, 0.1) is 0 Å². The Bertz CT molecular complexity index is 462. The van der Waals surface area contributed by atoms with Gasteiger partial charge in [0.25, 0.3) is 0 Å². The summed E-state index contributed by atoms with van der Waals surface area (Å²) in [7, 11) is 0. The van der Waals surface area contributed by atoms with E-state index in [1.165, 1.54) is 16.4 Å². The summed E-state index contributed by atoms with van der Waals surface area (Å²) in [6, 6.07) is 0. The minimum atomic E-state index is 0.382. The number of hydrogen-bond donors (Lipinski definition) is 0. The van der Waals surface area contributed by atoms with E-state index in [4.69, 9.17) is 0 Å². The van der Waals surface area contributed by atoms with Gasteiger partial charge in [0.15, 0.2) is 0 Å². The number of fused-ring (bicyclic) bond motifs is 3. The van der Waals surface area contributed by atoms with E-state index in [1.807, 2.05) is 0 Å². The second-order valence-electron chi connectivity index (χ2n) is 7.54. The van der Waals surface area contributed by atoms with Crippen LogP contribution in [0.15, 0.2) is 33.5 Å². The SMILES string of the molecule is CC1(C)C=CC2C3=CC=C(I)CC3C(C)(C)C2C1. The molecule has 98 valence electrons. The van der Waals surface area contributed by atoms with Gasteiger partial charge < -0.3 is 0 Å². The Kier molecular flexibility index (Phi) is 2.86. The van der Waals surface area contributed by atoms with E-state index in [2.05, 4.69) is 74.6 Å². The summed E-state index contributed by atoms with van der Waals surface area (Å²) in [4.78, 5) is 0. The summed E-state index contributed by atoms with van der Waals surface area (Å²) in [5.74, 6) is 2.30. The van der Waals surface area contributed by atoms with Crippen LogP contribution in [-0.2, 0) is 0 Å². The zero-order valence-corrected chi connectivity index (χ0v) is 14.0. The quantitative estimate of drug-likeness (QED) is 0.397. The average Bonchev–Trinajstić information content (AvgIpc) is 2.47. The minimum absolute atomic E-state index is 0.382. The highest BCUT2D eigenvalue weighted by atomic mass is 127. The zero-order valence-electron chi connectivity index (χ0n) is 11.8. The van der Waals surface area contributed by atoms with Gasteiger partial charge in [-0.2, -0.15) is 0 Å². The highest BCUT2D eigenvalue weighted by Gasteiger charge is 2.53. The number of rotatable bonds is 0. The lowest BCUT2D eigenvalue weighted by Gasteiger charge is -2.40. The summed E-state index contributed by atoms with van der Waals surface area (Å²) in [6.45, 7) is 9.77. The predicted octanol–water partition coefficient (Wildman–Crippen LogP) is 5.51. The summed E-state index contributed by atoms with van der Waals surface area (Å²) in [5, 5.41) is 0. The van der Waals surface area contributed by atoms with Crippen molar-refractivity contribution >= 4 is 22.6 Å². The second-order valence-corrected chi connectivity index (χ2v) is 8.93. The first-order valence-electron chi connectivity index (χ1n) is 7.07. The van der Waals surface area contributed by atoms with Crippen LogP contribution in [0.4, 0.5) is 0 Å². The van der Waals surface area contributed by atoms with Crippen molar-refractivity contribution in [3.63, 3.8) is 0 Å². The van der Waals surface area contributed by atoms with Gasteiger partial charge >= 0.3 is 0 Å². The molecule has 1 saturated carbocycles. The highest BCUT2D eigenvalue weighted by molar-refractivity contribution is 14.1. The molecule has 0 bridgehead atoms. The largest absolute Gasteiger partial charge is 0.0822 e. The van der Waals surface area contributed by atoms with Crippen LogP contribution < -0.4 is 0 Å². The molecule has 0 N–H and O–H groups in total. The summed E-state index contributed by atoms with van der Waals surface area (Å²) in [6.07, 6.45) is 12.3. The van der Waals surface area contributed by atoms with Gasteiger partial charge in [-0.1, -0.05) is 57.6 Å². The van der Waals surface area contributed by atoms with Crippen LogP contribution in [0, 0.1) is 28.6 Å². The Balaban J connectivity index is 2.05. The van der Waals surface area contributed by atoms with Crippen LogP contribution in [0.5, 0.6) is 0 Å². The molecule has 3 aliphatic carbocycles. The summed E-state index contributed by atoms with van der Waals surface area (Å²) in [5.41, 5.74) is 2.54. The topological polar surface area (TPSA) is 0 Å². The van der Waals surface area contributed by atoms with Crippen molar-refractivity contribution in [1.29, 1.82) is 0 Å². The highest BCUT2D eigenvalue weighted by Crippen LogP contribution is 2.62. The molecule has 0 aromatic heterocycles. The average molecular weight is 354 g/mol. The third-order valence-corrected chi connectivity index (χ3v) is 6.23. The van der Waals surface area contributed by atoms with Crippen LogP contribution >= 0.6 is 22.6 Å². The van der Waals surface area contributed by atoms with E-state index in [1.54, 1.807) is 5.57 Å². The predicted molar refractivity (Wildman–Crippen MR) is 86.6 cm³/mol.